The fraction of sp³-hybridized carbons (Fsp3) is 0.455. The Bertz CT molecular complexity index is 1050. The molecule has 10 heteroatoms. The zero-order valence-electron chi connectivity index (χ0n) is 18.9. The minimum atomic E-state index is -3.72. The zero-order valence-corrected chi connectivity index (χ0v) is 20.4. The number of piperazine rings is 1. The van der Waals surface area contributed by atoms with Crippen molar-refractivity contribution in [3.05, 3.63) is 52.7 Å². The van der Waals surface area contributed by atoms with Crippen LogP contribution in [0.1, 0.15) is 29.8 Å². The highest BCUT2D eigenvalue weighted by atomic mass is 35.5. The molecule has 2 heterocycles. The van der Waals surface area contributed by atoms with E-state index >= 15 is 0 Å². The summed E-state index contributed by atoms with van der Waals surface area (Å²) < 4.78 is 26.8. The van der Waals surface area contributed by atoms with E-state index in [0.29, 0.717) is 0 Å². The first-order chi connectivity index (χ1) is 15.1. The van der Waals surface area contributed by atoms with Crippen molar-refractivity contribution in [3.8, 4) is 0 Å². The third kappa shape index (κ3) is 5.58. The average Bonchev–Trinajstić information content (AvgIpc) is 2.78. The first-order valence-electron chi connectivity index (χ1n) is 10.5. The molecule has 0 saturated carbocycles. The number of nitrogens with one attached hydrogen (secondary N) is 1. The van der Waals surface area contributed by atoms with Crippen molar-refractivity contribution in [3.63, 3.8) is 0 Å². The second kappa shape index (κ2) is 10.2. The molecule has 2 aromatic rings. The van der Waals surface area contributed by atoms with Gasteiger partial charge in [-0.25, -0.2) is 13.4 Å². The van der Waals surface area contributed by atoms with Crippen LogP contribution in [0.15, 0.2) is 41.4 Å². The molecular formula is C22H30ClN5O3S. The molecule has 1 aliphatic rings. The van der Waals surface area contributed by atoms with Crippen molar-refractivity contribution >= 4 is 33.3 Å². The van der Waals surface area contributed by atoms with Gasteiger partial charge in [-0.15, -0.1) is 0 Å². The molecule has 32 heavy (non-hydrogen) atoms. The van der Waals surface area contributed by atoms with E-state index in [1.54, 1.807) is 20.0 Å². The summed E-state index contributed by atoms with van der Waals surface area (Å²) in [4.78, 5) is 21.8. The van der Waals surface area contributed by atoms with Crippen LogP contribution in [0.2, 0.25) is 5.02 Å². The van der Waals surface area contributed by atoms with Gasteiger partial charge in [-0.2, -0.15) is 4.31 Å². The number of likely N-dealkylation sites (N-methyl/N-ethyl adjacent to an activating group) is 1. The van der Waals surface area contributed by atoms with Crippen LogP contribution >= 0.6 is 11.6 Å². The highest BCUT2D eigenvalue weighted by Gasteiger charge is 2.25. The van der Waals surface area contributed by atoms with Crippen LogP contribution < -0.4 is 10.2 Å². The van der Waals surface area contributed by atoms with Crippen LogP contribution in [-0.2, 0) is 16.6 Å². The van der Waals surface area contributed by atoms with Gasteiger partial charge in [0.1, 0.15) is 5.82 Å². The number of carbonyl (C=O) groups is 1. The van der Waals surface area contributed by atoms with Crippen molar-refractivity contribution in [1.82, 2.24) is 19.5 Å². The van der Waals surface area contributed by atoms with Crippen LogP contribution in [-0.4, -0.2) is 74.8 Å². The van der Waals surface area contributed by atoms with Gasteiger partial charge in [-0.1, -0.05) is 17.7 Å². The Morgan fingerprint density at radius 1 is 1.19 bits per heavy atom. The number of benzene rings is 1. The Hall–Kier alpha value is -2.20. The number of amides is 1. The Morgan fingerprint density at radius 3 is 2.47 bits per heavy atom. The first-order valence-corrected chi connectivity index (χ1v) is 12.4. The van der Waals surface area contributed by atoms with E-state index in [9.17, 15) is 13.2 Å². The monoisotopic (exact) mass is 479 g/mol. The summed E-state index contributed by atoms with van der Waals surface area (Å²) in [7, 11) is -0.105. The third-order valence-electron chi connectivity index (χ3n) is 5.68. The Kier molecular flexibility index (Phi) is 7.76. The maximum atomic E-state index is 12.8. The molecule has 1 saturated heterocycles. The summed E-state index contributed by atoms with van der Waals surface area (Å²) in [6, 6.07) is 7.84. The number of halogens is 1. The molecule has 0 radical (unpaired) electrons. The maximum absolute atomic E-state index is 12.8. The van der Waals surface area contributed by atoms with E-state index in [0.717, 1.165) is 37.6 Å². The van der Waals surface area contributed by atoms with Crippen LogP contribution in [0.4, 0.5) is 5.82 Å². The van der Waals surface area contributed by atoms with E-state index < -0.39 is 15.9 Å². The quantitative estimate of drug-likeness (QED) is 0.656. The topological polar surface area (TPSA) is 85.8 Å². The Morgan fingerprint density at radius 2 is 1.88 bits per heavy atom. The highest BCUT2D eigenvalue weighted by Crippen LogP contribution is 2.23. The standard InChI is InChI=1S/C22H30ClN5O3S/c1-16(2)27(4)32(30,31)18-6-7-20(23)19(13-18)22(29)25-15-17-5-8-21(24-14-17)28-11-9-26(3)10-12-28/h5-8,13-14,16H,9-12,15H2,1-4H3,(H,25,29). The lowest BCUT2D eigenvalue weighted by Gasteiger charge is -2.33. The number of nitrogens with zero attached hydrogens (tertiary/aromatic N) is 4. The fourth-order valence-electron chi connectivity index (χ4n) is 3.30. The molecule has 0 unspecified atom stereocenters. The number of hydrogen-bond acceptors (Lipinski definition) is 6. The molecule has 8 nitrogen and oxygen atoms in total. The van der Waals surface area contributed by atoms with Gasteiger partial charge >= 0.3 is 0 Å². The summed E-state index contributed by atoms with van der Waals surface area (Å²) in [6.07, 6.45) is 1.74. The molecule has 0 atom stereocenters. The second-order valence-corrected chi connectivity index (χ2v) is 10.7. The van der Waals surface area contributed by atoms with Crippen molar-refractivity contribution in [2.24, 2.45) is 0 Å². The molecule has 1 fully saturated rings. The van der Waals surface area contributed by atoms with Gasteiger partial charge in [0, 0.05) is 52.0 Å². The summed E-state index contributed by atoms with van der Waals surface area (Å²) in [6.45, 7) is 7.69. The molecule has 1 aromatic heterocycles. The fourth-order valence-corrected chi connectivity index (χ4v) is 4.90. The molecule has 1 aromatic carbocycles. The van der Waals surface area contributed by atoms with Gasteiger partial charge < -0.3 is 15.1 Å². The summed E-state index contributed by atoms with van der Waals surface area (Å²) >= 11 is 6.19. The smallest absolute Gasteiger partial charge is 0.253 e. The largest absolute Gasteiger partial charge is 0.354 e. The maximum Gasteiger partial charge on any atom is 0.253 e. The van der Waals surface area contributed by atoms with Crippen LogP contribution in [0, 0.1) is 0 Å². The number of pyridine rings is 1. The van der Waals surface area contributed by atoms with Crippen LogP contribution in [0.25, 0.3) is 0 Å². The normalized spacial score (nSPS) is 15.4. The van der Waals surface area contributed by atoms with Gasteiger partial charge in [0.2, 0.25) is 10.0 Å². The van der Waals surface area contributed by atoms with Crippen LogP contribution in [0.5, 0.6) is 0 Å². The van der Waals surface area contributed by atoms with E-state index in [1.165, 1.54) is 29.6 Å². The molecule has 0 bridgehead atoms. The number of aromatic nitrogens is 1. The number of hydrogen-bond donors (Lipinski definition) is 1. The summed E-state index contributed by atoms with van der Waals surface area (Å²) in [5, 5.41) is 2.99. The molecule has 1 amide bonds. The molecule has 0 spiro atoms. The third-order valence-corrected chi connectivity index (χ3v) is 8.04. The molecular weight excluding hydrogens is 450 g/mol. The number of sulfonamides is 1. The van der Waals surface area contributed by atoms with E-state index in [4.69, 9.17) is 11.6 Å². The van der Waals surface area contributed by atoms with Gasteiger partial charge in [0.15, 0.2) is 0 Å². The molecule has 3 rings (SSSR count). The summed E-state index contributed by atoms with van der Waals surface area (Å²) in [5.41, 5.74) is 0.961. The van der Waals surface area contributed by atoms with Crippen molar-refractivity contribution < 1.29 is 13.2 Å². The van der Waals surface area contributed by atoms with E-state index in [2.05, 4.69) is 27.1 Å². The van der Waals surface area contributed by atoms with Crippen molar-refractivity contribution in [2.45, 2.75) is 31.3 Å². The Labute approximate surface area is 195 Å². The van der Waals surface area contributed by atoms with E-state index in [1.807, 2.05) is 12.1 Å². The molecule has 1 N–H and O–H groups in total. The van der Waals surface area contributed by atoms with Gasteiger partial charge in [-0.05, 0) is 50.7 Å². The lowest BCUT2D eigenvalue weighted by atomic mass is 10.2. The minimum absolute atomic E-state index is 0.0291. The average molecular weight is 480 g/mol. The van der Waals surface area contributed by atoms with Gasteiger partial charge in [0.25, 0.3) is 5.91 Å². The number of carbonyl (C=O) groups excluding carboxylic acids is 1. The Balaban J connectivity index is 1.67. The lowest BCUT2D eigenvalue weighted by Crippen LogP contribution is -2.44. The SMILES string of the molecule is CC(C)N(C)S(=O)(=O)c1ccc(Cl)c(C(=O)NCc2ccc(N3CCN(C)CC3)nc2)c1. The lowest BCUT2D eigenvalue weighted by molar-refractivity contribution is 0.0951. The van der Waals surface area contributed by atoms with Gasteiger partial charge in [0.05, 0.1) is 15.5 Å². The molecule has 1 aliphatic heterocycles. The predicted octanol–water partition coefficient (Wildman–Crippen LogP) is 2.45. The van der Waals surface area contributed by atoms with Crippen LogP contribution in [0.3, 0.4) is 0 Å². The van der Waals surface area contributed by atoms with Crippen molar-refractivity contribution in [2.75, 3.05) is 45.2 Å². The van der Waals surface area contributed by atoms with Crippen molar-refractivity contribution in [1.29, 1.82) is 0 Å². The van der Waals surface area contributed by atoms with Gasteiger partial charge in [-0.3, -0.25) is 4.79 Å². The molecule has 0 aliphatic carbocycles. The second-order valence-electron chi connectivity index (χ2n) is 8.25. The number of anilines is 1. The molecule has 174 valence electrons. The zero-order chi connectivity index (χ0) is 23.5. The number of rotatable bonds is 7. The van der Waals surface area contributed by atoms with E-state index in [-0.39, 0.29) is 28.1 Å². The predicted molar refractivity (Wildman–Crippen MR) is 127 cm³/mol. The minimum Gasteiger partial charge on any atom is -0.354 e. The summed E-state index contributed by atoms with van der Waals surface area (Å²) in [5.74, 6) is 0.478. The first kappa shape index (κ1) is 24.4. The highest BCUT2D eigenvalue weighted by molar-refractivity contribution is 7.89.